The van der Waals surface area contributed by atoms with E-state index < -0.39 is 16.0 Å². The molecule has 3 N–H and O–H groups in total. The number of carboxylic acids is 1. The van der Waals surface area contributed by atoms with Gasteiger partial charge in [0.05, 0.1) is 11.3 Å². The van der Waals surface area contributed by atoms with Crippen LogP contribution in [-0.4, -0.2) is 36.9 Å². The van der Waals surface area contributed by atoms with Crippen LogP contribution in [0.2, 0.25) is 0 Å². The Morgan fingerprint density at radius 2 is 2.05 bits per heavy atom. The van der Waals surface area contributed by atoms with Gasteiger partial charge in [0.25, 0.3) is 0 Å². The van der Waals surface area contributed by atoms with Crippen LogP contribution in [0.4, 0.5) is 5.69 Å². The molecule has 1 saturated heterocycles. The van der Waals surface area contributed by atoms with Gasteiger partial charge in [-0.15, -0.1) is 0 Å². The number of nitrogen functional groups attached to an aromatic ring is 1. The number of anilines is 1. The van der Waals surface area contributed by atoms with Gasteiger partial charge in [-0.05, 0) is 30.0 Å². The Hall–Kier alpha value is -1.60. The molecule has 0 spiro atoms. The normalized spacial score (nSPS) is 19.1. The monoisotopic (exact) mass is 298 g/mol. The number of carbonyl (C=O) groups is 1. The molecule has 20 heavy (non-hydrogen) atoms. The Morgan fingerprint density at radius 3 is 2.50 bits per heavy atom. The second kappa shape index (κ2) is 4.75. The van der Waals surface area contributed by atoms with Crippen LogP contribution < -0.4 is 5.73 Å². The summed E-state index contributed by atoms with van der Waals surface area (Å²) in [5, 5.41) is 8.87. The number of nitrogens with two attached hydrogens (primary N) is 1. The highest BCUT2D eigenvalue weighted by atomic mass is 32.2. The van der Waals surface area contributed by atoms with E-state index in [4.69, 9.17) is 10.8 Å². The molecule has 1 aromatic carbocycles. The minimum absolute atomic E-state index is 0.0248. The van der Waals surface area contributed by atoms with E-state index in [9.17, 15) is 13.2 Å². The topological polar surface area (TPSA) is 101 Å². The zero-order valence-electron chi connectivity index (χ0n) is 11.5. The van der Waals surface area contributed by atoms with Crippen LogP contribution in [0.25, 0.3) is 0 Å². The van der Waals surface area contributed by atoms with E-state index in [1.165, 1.54) is 22.5 Å². The Bertz CT molecular complexity index is 652. The standard InChI is InChI=1S/C13H18N2O4S/c1-13(2)5-6-15(8-13)20(18,19)11-4-3-9(12(16)17)7-10(11)14/h3-4,7H,5-6,8,14H2,1-2H3,(H,16,17). The maximum absolute atomic E-state index is 12.5. The lowest BCUT2D eigenvalue weighted by Gasteiger charge is -2.20. The highest BCUT2D eigenvalue weighted by Gasteiger charge is 2.37. The van der Waals surface area contributed by atoms with Gasteiger partial charge in [-0.1, -0.05) is 13.8 Å². The second-order valence-corrected chi connectivity index (χ2v) is 7.72. The van der Waals surface area contributed by atoms with Crippen molar-refractivity contribution in [2.45, 2.75) is 25.2 Å². The number of aromatic carboxylic acids is 1. The molecule has 1 fully saturated rings. The Morgan fingerprint density at radius 1 is 1.40 bits per heavy atom. The summed E-state index contributed by atoms with van der Waals surface area (Å²) in [6.45, 7) is 4.92. The third-order valence-electron chi connectivity index (χ3n) is 3.52. The molecule has 0 bridgehead atoms. The molecule has 0 saturated carbocycles. The fourth-order valence-electron chi connectivity index (χ4n) is 2.32. The lowest BCUT2D eigenvalue weighted by molar-refractivity contribution is 0.0697. The zero-order chi connectivity index (χ0) is 15.1. The summed E-state index contributed by atoms with van der Waals surface area (Å²) in [5.41, 5.74) is 5.60. The van der Waals surface area contributed by atoms with Crippen LogP contribution in [0.3, 0.4) is 0 Å². The van der Waals surface area contributed by atoms with E-state index in [-0.39, 0.29) is 21.6 Å². The van der Waals surface area contributed by atoms with E-state index in [0.29, 0.717) is 13.1 Å². The lowest BCUT2D eigenvalue weighted by Crippen LogP contribution is -2.31. The van der Waals surface area contributed by atoms with E-state index in [1.807, 2.05) is 13.8 Å². The molecule has 0 radical (unpaired) electrons. The van der Waals surface area contributed by atoms with Crippen molar-refractivity contribution in [2.24, 2.45) is 5.41 Å². The van der Waals surface area contributed by atoms with Gasteiger partial charge < -0.3 is 10.8 Å². The van der Waals surface area contributed by atoms with E-state index in [1.54, 1.807) is 0 Å². The van der Waals surface area contributed by atoms with Crippen LogP contribution >= 0.6 is 0 Å². The van der Waals surface area contributed by atoms with Crippen LogP contribution in [0.15, 0.2) is 23.1 Å². The molecule has 1 aliphatic heterocycles. The van der Waals surface area contributed by atoms with Crippen LogP contribution in [0.5, 0.6) is 0 Å². The van der Waals surface area contributed by atoms with Gasteiger partial charge in [-0.2, -0.15) is 4.31 Å². The van der Waals surface area contributed by atoms with Crippen molar-refractivity contribution in [2.75, 3.05) is 18.8 Å². The maximum atomic E-state index is 12.5. The third kappa shape index (κ3) is 2.64. The minimum atomic E-state index is -3.67. The molecule has 0 aliphatic carbocycles. The zero-order valence-corrected chi connectivity index (χ0v) is 12.3. The first-order valence-electron chi connectivity index (χ1n) is 6.26. The number of rotatable bonds is 3. The van der Waals surface area contributed by atoms with E-state index in [0.717, 1.165) is 6.42 Å². The van der Waals surface area contributed by atoms with E-state index >= 15 is 0 Å². The first kappa shape index (κ1) is 14.8. The molecule has 6 nitrogen and oxygen atoms in total. The molecule has 0 aromatic heterocycles. The fraction of sp³-hybridized carbons (Fsp3) is 0.462. The van der Waals surface area contributed by atoms with Crippen LogP contribution in [0.1, 0.15) is 30.6 Å². The number of hydrogen-bond acceptors (Lipinski definition) is 4. The van der Waals surface area contributed by atoms with Crippen molar-refractivity contribution >= 4 is 21.7 Å². The van der Waals surface area contributed by atoms with Crippen molar-refractivity contribution in [3.8, 4) is 0 Å². The van der Waals surface area contributed by atoms with Crippen LogP contribution in [0, 0.1) is 5.41 Å². The molecule has 1 heterocycles. The quantitative estimate of drug-likeness (QED) is 0.821. The molecule has 110 valence electrons. The summed E-state index contributed by atoms with van der Waals surface area (Å²) < 4.78 is 26.4. The number of benzene rings is 1. The molecule has 0 atom stereocenters. The summed E-state index contributed by atoms with van der Waals surface area (Å²) in [7, 11) is -3.67. The van der Waals surface area contributed by atoms with Crippen molar-refractivity contribution < 1.29 is 18.3 Å². The fourth-order valence-corrected chi connectivity index (χ4v) is 4.05. The number of sulfonamides is 1. The van der Waals surface area contributed by atoms with Crippen molar-refractivity contribution in [1.29, 1.82) is 0 Å². The summed E-state index contributed by atoms with van der Waals surface area (Å²) in [6, 6.07) is 3.70. The molecule has 7 heteroatoms. The average molecular weight is 298 g/mol. The summed E-state index contributed by atoms with van der Waals surface area (Å²) in [5.74, 6) is -1.14. The second-order valence-electron chi connectivity index (χ2n) is 5.81. The summed E-state index contributed by atoms with van der Waals surface area (Å²) in [6.07, 6.45) is 0.791. The van der Waals surface area contributed by atoms with Gasteiger partial charge in [-0.3, -0.25) is 0 Å². The summed E-state index contributed by atoms with van der Waals surface area (Å²) >= 11 is 0. The first-order valence-corrected chi connectivity index (χ1v) is 7.70. The van der Waals surface area contributed by atoms with Gasteiger partial charge >= 0.3 is 5.97 Å². The summed E-state index contributed by atoms with van der Waals surface area (Å²) in [4.78, 5) is 10.8. The van der Waals surface area contributed by atoms with Crippen molar-refractivity contribution in [3.05, 3.63) is 23.8 Å². The van der Waals surface area contributed by atoms with Gasteiger partial charge in [0, 0.05) is 13.1 Å². The smallest absolute Gasteiger partial charge is 0.335 e. The van der Waals surface area contributed by atoms with Gasteiger partial charge in [-0.25, -0.2) is 13.2 Å². The molecular formula is C13H18N2O4S. The van der Waals surface area contributed by atoms with E-state index in [2.05, 4.69) is 0 Å². The number of carboxylic acid groups (broad SMARTS) is 1. The number of hydrogen-bond donors (Lipinski definition) is 2. The molecule has 1 aromatic rings. The Labute approximate surface area is 118 Å². The molecule has 2 rings (SSSR count). The molecular weight excluding hydrogens is 280 g/mol. The minimum Gasteiger partial charge on any atom is -0.478 e. The largest absolute Gasteiger partial charge is 0.478 e. The average Bonchev–Trinajstić information content (AvgIpc) is 2.69. The van der Waals surface area contributed by atoms with Gasteiger partial charge in [0.15, 0.2) is 0 Å². The number of nitrogens with zero attached hydrogens (tertiary/aromatic N) is 1. The van der Waals surface area contributed by atoms with Gasteiger partial charge in [0.2, 0.25) is 10.0 Å². The highest BCUT2D eigenvalue weighted by Crippen LogP contribution is 2.34. The molecule has 1 aliphatic rings. The van der Waals surface area contributed by atoms with Crippen LogP contribution in [-0.2, 0) is 10.0 Å². The third-order valence-corrected chi connectivity index (χ3v) is 5.44. The SMILES string of the molecule is CC1(C)CCN(S(=O)(=O)c2ccc(C(=O)O)cc2N)C1. The predicted octanol–water partition coefficient (Wildman–Crippen LogP) is 1.39. The molecule has 0 amide bonds. The van der Waals surface area contributed by atoms with Crippen molar-refractivity contribution in [3.63, 3.8) is 0 Å². The Kier molecular flexibility index (Phi) is 3.51. The predicted molar refractivity (Wildman–Crippen MR) is 75.0 cm³/mol. The maximum Gasteiger partial charge on any atom is 0.335 e. The van der Waals surface area contributed by atoms with Crippen molar-refractivity contribution in [1.82, 2.24) is 4.31 Å². The Balaban J connectivity index is 2.38. The first-order chi connectivity index (χ1) is 9.13. The highest BCUT2D eigenvalue weighted by molar-refractivity contribution is 7.89. The molecule has 0 unspecified atom stereocenters. The lowest BCUT2D eigenvalue weighted by atomic mass is 9.93. The van der Waals surface area contributed by atoms with Gasteiger partial charge in [0.1, 0.15) is 4.90 Å².